The molecule has 21 heavy (non-hydrogen) atoms. The molecule has 0 amide bonds. The Hall–Kier alpha value is -1.16. The Morgan fingerprint density at radius 3 is 2.95 bits per heavy atom. The van der Waals surface area contributed by atoms with Gasteiger partial charge in [-0.3, -0.25) is 0 Å². The van der Waals surface area contributed by atoms with Gasteiger partial charge >= 0.3 is 0 Å². The first-order valence-corrected chi connectivity index (χ1v) is 8.64. The lowest BCUT2D eigenvalue weighted by Crippen LogP contribution is -2.26. The molecule has 2 unspecified atom stereocenters. The second-order valence-corrected chi connectivity index (χ2v) is 6.57. The van der Waals surface area contributed by atoms with Gasteiger partial charge in [-0.15, -0.1) is 11.3 Å². The number of thiophene rings is 1. The number of hydrogen-bond donors (Lipinski definition) is 1. The summed E-state index contributed by atoms with van der Waals surface area (Å²) in [6.07, 6.45) is 2.25. The summed E-state index contributed by atoms with van der Waals surface area (Å²) in [6.45, 7) is 6.19. The average Bonchev–Trinajstić information content (AvgIpc) is 2.93. The quantitative estimate of drug-likeness (QED) is 0.883. The van der Waals surface area contributed by atoms with Crippen molar-refractivity contribution < 1.29 is 4.74 Å². The zero-order valence-corrected chi connectivity index (χ0v) is 13.6. The van der Waals surface area contributed by atoms with Crippen LogP contribution in [0.2, 0.25) is 0 Å². The number of hydrogen-bond acceptors (Lipinski definition) is 3. The number of nitrogens with one attached hydrogen (secondary N) is 1. The van der Waals surface area contributed by atoms with Crippen molar-refractivity contribution in [2.45, 2.75) is 38.8 Å². The van der Waals surface area contributed by atoms with Crippen LogP contribution in [0.3, 0.4) is 0 Å². The van der Waals surface area contributed by atoms with Crippen LogP contribution in [0, 0.1) is 6.92 Å². The summed E-state index contributed by atoms with van der Waals surface area (Å²) in [5, 5.41) is 5.82. The fourth-order valence-electron chi connectivity index (χ4n) is 3.16. The molecule has 2 nitrogen and oxygen atoms in total. The molecule has 0 saturated heterocycles. The Bertz CT molecular complexity index is 592. The number of fused-ring (bicyclic) bond motifs is 1. The number of benzene rings is 1. The first-order valence-electron chi connectivity index (χ1n) is 7.76. The molecule has 0 bridgehead atoms. The van der Waals surface area contributed by atoms with Crippen LogP contribution >= 0.6 is 11.3 Å². The van der Waals surface area contributed by atoms with Gasteiger partial charge in [-0.2, -0.15) is 0 Å². The molecule has 112 valence electrons. The molecule has 2 heterocycles. The molecule has 0 spiro atoms. The van der Waals surface area contributed by atoms with Gasteiger partial charge in [-0.1, -0.05) is 31.2 Å². The molecule has 1 N–H and O–H groups in total. The van der Waals surface area contributed by atoms with Crippen molar-refractivity contribution in [1.29, 1.82) is 0 Å². The highest BCUT2D eigenvalue weighted by Crippen LogP contribution is 2.36. The van der Waals surface area contributed by atoms with Gasteiger partial charge in [0.15, 0.2) is 0 Å². The van der Waals surface area contributed by atoms with Gasteiger partial charge in [0.2, 0.25) is 0 Å². The van der Waals surface area contributed by atoms with E-state index in [9.17, 15) is 0 Å². The van der Waals surface area contributed by atoms with E-state index in [2.05, 4.69) is 54.9 Å². The minimum atomic E-state index is 0.209. The first kappa shape index (κ1) is 14.8. The third-order valence-corrected chi connectivity index (χ3v) is 5.34. The highest BCUT2D eigenvalue weighted by molar-refractivity contribution is 7.10. The molecular weight excluding hydrogens is 278 g/mol. The molecule has 0 saturated carbocycles. The van der Waals surface area contributed by atoms with Crippen molar-refractivity contribution >= 4 is 11.3 Å². The summed E-state index contributed by atoms with van der Waals surface area (Å²) in [5.41, 5.74) is 4.21. The largest absolute Gasteiger partial charge is 0.373 e. The number of ether oxygens (including phenoxy) is 1. The molecule has 0 fully saturated rings. The van der Waals surface area contributed by atoms with Gasteiger partial charge in [-0.05, 0) is 54.4 Å². The SMILES string of the molecule is CCNC(CC1OCCc2ccccc21)c1sccc1C. The van der Waals surface area contributed by atoms with E-state index in [1.54, 1.807) is 0 Å². The van der Waals surface area contributed by atoms with E-state index in [-0.39, 0.29) is 6.10 Å². The Morgan fingerprint density at radius 1 is 1.33 bits per heavy atom. The maximum Gasteiger partial charge on any atom is 0.0846 e. The van der Waals surface area contributed by atoms with Gasteiger partial charge in [-0.25, -0.2) is 0 Å². The molecule has 1 aromatic carbocycles. The molecule has 1 aliphatic rings. The Kier molecular flexibility index (Phi) is 4.73. The third kappa shape index (κ3) is 3.20. The Balaban J connectivity index is 1.83. The van der Waals surface area contributed by atoms with E-state index in [4.69, 9.17) is 4.74 Å². The Morgan fingerprint density at radius 2 is 2.19 bits per heavy atom. The van der Waals surface area contributed by atoms with Gasteiger partial charge in [0.05, 0.1) is 12.7 Å². The molecule has 1 aliphatic heterocycles. The van der Waals surface area contributed by atoms with Crippen LogP contribution in [-0.2, 0) is 11.2 Å². The second kappa shape index (κ2) is 6.73. The van der Waals surface area contributed by atoms with E-state index in [1.165, 1.54) is 21.6 Å². The molecule has 0 aliphatic carbocycles. The number of rotatable bonds is 5. The van der Waals surface area contributed by atoms with E-state index < -0.39 is 0 Å². The molecule has 0 radical (unpaired) electrons. The van der Waals surface area contributed by atoms with Crippen LogP contribution in [0.1, 0.15) is 47.1 Å². The van der Waals surface area contributed by atoms with Gasteiger partial charge in [0.1, 0.15) is 0 Å². The summed E-state index contributed by atoms with van der Waals surface area (Å²) in [5.74, 6) is 0. The van der Waals surface area contributed by atoms with Crippen LogP contribution < -0.4 is 5.32 Å². The molecule has 2 atom stereocenters. The average molecular weight is 301 g/mol. The van der Waals surface area contributed by atoms with Crippen LogP contribution in [-0.4, -0.2) is 13.2 Å². The summed E-state index contributed by atoms with van der Waals surface area (Å²) in [6, 6.07) is 11.3. The zero-order valence-electron chi connectivity index (χ0n) is 12.8. The van der Waals surface area contributed by atoms with E-state index >= 15 is 0 Å². The van der Waals surface area contributed by atoms with E-state index in [0.717, 1.165) is 26.0 Å². The van der Waals surface area contributed by atoms with E-state index in [1.807, 2.05) is 11.3 Å². The third-order valence-electron chi connectivity index (χ3n) is 4.21. The molecule has 2 aromatic rings. The van der Waals surface area contributed by atoms with Gasteiger partial charge in [0.25, 0.3) is 0 Å². The van der Waals surface area contributed by atoms with Crippen molar-refractivity contribution in [3.63, 3.8) is 0 Å². The number of aryl methyl sites for hydroxylation is 1. The van der Waals surface area contributed by atoms with Crippen molar-refractivity contribution in [2.24, 2.45) is 0 Å². The summed E-state index contributed by atoms with van der Waals surface area (Å²) in [4.78, 5) is 1.45. The van der Waals surface area contributed by atoms with Gasteiger partial charge < -0.3 is 10.1 Å². The van der Waals surface area contributed by atoms with E-state index in [0.29, 0.717) is 6.04 Å². The highest BCUT2D eigenvalue weighted by atomic mass is 32.1. The zero-order chi connectivity index (χ0) is 14.7. The topological polar surface area (TPSA) is 21.3 Å². The predicted octanol–water partition coefficient (Wildman–Crippen LogP) is 4.41. The predicted molar refractivity (Wildman–Crippen MR) is 88.9 cm³/mol. The lowest BCUT2D eigenvalue weighted by molar-refractivity contribution is 0.0296. The lowest BCUT2D eigenvalue weighted by Gasteiger charge is -2.29. The molecule has 3 heteroatoms. The second-order valence-electron chi connectivity index (χ2n) is 5.62. The smallest absolute Gasteiger partial charge is 0.0846 e. The van der Waals surface area contributed by atoms with Crippen molar-refractivity contribution in [3.05, 3.63) is 57.3 Å². The fourth-order valence-corrected chi connectivity index (χ4v) is 4.17. The monoisotopic (exact) mass is 301 g/mol. The standard InChI is InChI=1S/C18H23NOS/c1-3-19-16(18-13(2)9-11-21-18)12-17-15-7-5-4-6-14(15)8-10-20-17/h4-7,9,11,16-17,19H,3,8,10,12H2,1-2H3. The maximum absolute atomic E-state index is 6.08. The highest BCUT2D eigenvalue weighted by Gasteiger charge is 2.25. The van der Waals surface area contributed by atoms with Crippen LogP contribution in [0.5, 0.6) is 0 Å². The van der Waals surface area contributed by atoms with Crippen LogP contribution in [0.25, 0.3) is 0 Å². The normalized spacial score (nSPS) is 19.2. The summed E-state index contributed by atoms with van der Waals surface area (Å²) in [7, 11) is 0. The summed E-state index contributed by atoms with van der Waals surface area (Å²) < 4.78 is 6.08. The Labute approximate surface area is 131 Å². The lowest BCUT2D eigenvalue weighted by atomic mass is 9.92. The van der Waals surface area contributed by atoms with Crippen molar-refractivity contribution in [1.82, 2.24) is 5.32 Å². The van der Waals surface area contributed by atoms with Crippen molar-refractivity contribution in [2.75, 3.05) is 13.2 Å². The van der Waals surface area contributed by atoms with Crippen LogP contribution in [0.4, 0.5) is 0 Å². The molecule has 1 aromatic heterocycles. The van der Waals surface area contributed by atoms with Gasteiger partial charge in [0, 0.05) is 10.9 Å². The molecule has 3 rings (SSSR count). The molecular formula is C18H23NOS. The minimum absolute atomic E-state index is 0.209. The van der Waals surface area contributed by atoms with Crippen LogP contribution in [0.15, 0.2) is 35.7 Å². The summed E-state index contributed by atoms with van der Waals surface area (Å²) >= 11 is 1.85. The fraction of sp³-hybridized carbons (Fsp3) is 0.444. The maximum atomic E-state index is 6.08. The van der Waals surface area contributed by atoms with Crippen molar-refractivity contribution in [3.8, 4) is 0 Å². The minimum Gasteiger partial charge on any atom is -0.373 e. The first-order chi connectivity index (χ1) is 10.3.